The summed E-state index contributed by atoms with van der Waals surface area (Å²) in [5, 5.41) is 5.28. The first-order chi connectivity index (χ1) is 13.7. The van der Waals surface area contributed by atoms with E-state index >= 15 is 0 Å². The zero-order chi connectivity index (χ0) is 19.1. The van der Waals surface area contributed by atoms with Gasteiger partial charge in [0.05, 0.1) is 5.69 Å². The highest BCUT2D eigenvalue weighted by molar-refractivity contribution is 7.15. The van der Waals surface area contributed by atoms with Crippen molar-refractivity contribution in [1.82, 2.24) is 14.3 Å². The fraction of sp³-hybridized carbons (Fsp3) is 0.429. The number of nitrogens with one attached hydrogen (secondary N) is 1. The predicted octanol–water partition coefficient (Wildman–Crippen LogP) is 4.78. The number of thiazole rings is 1. The van der Waals surface area contributed by atoms with Crippen LogP contribution in [-0.2, 0) is 4.79 Å². The Labute approximate surface area is 167 Å². The van der Waals surface area contributed by atoms with Crippen LogP contribution >= 0.6 is 11.3 Å². The molecule has 1 saturated heterocycles. The fourth-order valence-electron chi connectivity index (χ4n) is 4.21. The van der Waals surface area contributed by atoms with Crippen molar-refractivity contribution in [3.63, 3.8) is 0 Å². The summed E-state index contributed by atoms with van der Waals surface area (Å²) in [5.74, 6) is 1.23. The van der Waals surface area contributed by atoms with Gasteiger partial charge in [0, 0.05) is 42.2 Å². The Bertz CT molecular complexity index is 1010. The standard InChI is InChI=1S/C21H23FN4OS/c22-16-7-2-8-17(12-16)23-21-24-18(20-26(21)10-11-28-20)15-6-3-9-25(13-15)19(27)14-4-1-5-14/h2,7-8,10-12,14-15H,1,3-6,9,13H2,(H,23,24)/t15-/m0/s1. The largest absolute Gasteiger partial charge is 0.342 e. The van der Waals surface area contributed by atoms with Gasteiger partial charge in [-0.15, -0.1) is 11.3 Å². The molecule has 1 aliphatic heterocycles. The molecule has 0 spiro atoms. The second kappa shape index (κ2) is 7.20. The van der Waals surface area contributed by atoms with Gasteiger partial charge < -0.3 is 10.2 Å². The highest BCUT2D eigenvalue weighted by atomic mass is 32.1. The molecule has 1 atom stereocenters. The topological polar surface area (TPSA) is 49.6 Å². The molecule has 0 unspecified atom stereocenters. The molecule has 7 heteroatoms. The highest BCUT2D eigenvalue weighted by Crippen LogP contribution is 2.36. The van der Waals surface area contributed by atoms with E-state index in [-0.39, 0.29) is 17.7 Å². The van der Waals surface area contributed by atoms with Gasteiger partial charge in [-0.3, -0.25) is 9.20 Å². The Morgan fingerprint density at radius 3 is 2.93 bits per heavy atom. The molecule has 2 aromatic heterocycles. The molecule has 0 bridgehead atoms. The molecule has 28 heavy (non-hydrogen) atoms. The molecule has 146 valence electrons. The van der Waals surface area contributed by atoms with Crippen LogP contribution in [0.15, 0.2) is 35.8 Å². The fourth-order valence-corrected chi connectivity index (χ4v) is 5.12. The summed E-state index contributed by atoms with van der Waals surface area (Å²) in [6.07, 6.45) is 7.30. The number of likely N-dealkylation sites (tertiary alicyclic amines) is 1. The maximum absolute atomic E-state index is 13.5. The van der Waals surface area contributed by atoms with Crippen molar-refractivity contribution in [3.05, 3.63) is 47.4 Å². The van der Waals surface area contributed by atoms with Crippen LogP contribution in [0.4, 0.5) is 16.0 Å². The zero-order valence-corrected chi connectivity index (χ0v) is 16.4. The number of piperidine rings is 1. The molecule has 5 rings (SSSR count). The number of amides is 1. The molecule has 2 aliphatic rings. The third-order valence-corrected chi connectivity index (χ3v) is 6.82. The number of benzene rings is 1. The minimum Gasteiger partial charge on any atom is -0.342 e. The summed E-state index contributed by atoms with van der Waals surface area (Å²) in [6.45, 7) is 1.61. The predicted molar refractivity (Wildman–Crippen MR) is 109 cm³/mol. The van der Waals surface area contributed by atoms with Crippen LogP contribution in [0.25, 0.3) is 4.83 Å². The molecule has 2 fully saturated rings. The van der Waals surface area contributed by atoms with Crippen molar-refractivity contribution in [2.45, 2.75) is 38.0 Å². The van der Waals surface area contributed by atoms with E-state index in [2.05, 4.69) is 10.2 Å². The van der Waals surface area contributed by atoms with Gasteiger partial charge in [-0.05, 0) is 43.9 Å². The van der Waals surface area contributed by atoms with Crippen molar-refractivity contribution in [2.24, 2.45) is 5.92 Å². The van der Waals surface area contributed by atoms with E-state index in [9.17, 15) is 9.18 Å². The molecule has 1 amide bonds. The summed E-state index contributed by atoms with van der Waals surface area (Å²) in [5.41, 5.74) is 1.72. The number of carbonyl (C=O) groups excluding carboxylic acids is 1. The van der Waals surface area contributed by atoms with Gasteiger partial charge in [-0.25, -0.2) is 9.37 Å². The normalized spacial score (nSPS) is 20.3. The number of halogens is 1. The lowest BCUT2D eigenvalue weighted by atomic mass is 9.83. The zero-order valence-electron chi connectivity index (χ0n) is 15.6. The Balaban J connectivity index is 1.41. The number of rotatable bonds is 4. The third-order valence-electron chi connectivity index (χ3n) is 5.94. The average Bonchev–Trinajstić information content (AvgIpc) is 3.24. The molecule has 1 aliphatic carbocycles. The van der Waals surface area contributed by atoms with Crippen LogP contribution < -0.4 is 5.32 Å². The molecular weight excluding hydrogens is 375 g/mol. The van der Waals surface area contributed by atoms with E-state index < -0.39 is 0 Å². The van der Waals surface area contributed by atoms with E-state index in [1.54, 1.807) is 17.4 Å². The van der Waals surface area contributed by atoms with Crippen molar-refractivity contribution in [1.29, 1.82) is 0 Å². The van der Waals surface area contributed by atoms with Crippen molar-refractivity contribution in [3.8, 4) is 0 Å². The van der Waals surface area contributed by atoms with Gasteiger partial charge in [0.1, 0.15) is 10.6 Å². The van der Waals surface area contributed by atoms with Gasteiger partial charge >= 0.3 is 0 Å². The maximum atomic E-state index is 13.5. The smallest absolute Gasteiger partial charge is 0.225 e. The first-order valence-electron chi connectivity index (χ1n) is 9.96. The Kier molecular flexibility index (Phi) is 4.55. The summed E-state index contributed by atoms with van der Waals surface area (Å²) >= 11 is 1.66. The summed E-state index contributed by atoms with van der Waals surface area (Å²) < 4.78 is 15.6. The lowest BCUT2D eigenvalue weighted by Gasteiger charge is -2.36. The molecule has 0 radical (unpaired) electrons. The quantitative estimate of drug-likeness (QED) is 0.688. The van der Waals surface area contributed by atoms with Gasteiger partial charge in [0.2, 0.25) is 11.9 Å². The van der Waals surface area contributed by atoms with Crippen LogP contribution in [0.5, 0.6) is 0 Å². The van der Waals surface area contributed by atoms with Crippen LogP contribution in [0.1, 0.15) is 43.7 Å². The number of anilines is 2. The first-order valence-corrected chi connectivity index (χ1v) is 10.8. The van der Waals surface area contributed by atoms with Crippen molar-refractivity contribution in [2.75, 3.05) is 18.4 Å². The summed E-state index contributed by atoms with van der Waals surface area (Å²) in [4.78, 5) is 20.7. The molecule has 3 aromatic rings. The van der Waals surface area contributed by atoms with Gasteiger partial charge in [-0.1, -0.05) is 12.5 Å². The minimum absolute atomic E-state index is 0.243. The number of fused-ring (bicyclic) bond motifs is 1. The number of aromatic nitrogens is 2. The Morgan fingerprint density at radius 1 is 1.25 bits per heavy atom. The second-order valence-electron chi connectivity index (χ2n) is 7.79. The average molecular weight is 399 g/mol. The molecule has 1 saturated carbocycles. The summed E-state index contributed by atoms with van der Waals surface area (Å²) in [7, 11) is 0. The van der Waals surface area contributed by atoms with Crippen LogP contribution in [0.2, 0.25) is 0 Å². The number of carbonyl (C=O) groups is 1. The van der Waals surface area contributed by atoms with E-state index in [1.807, 2.05) is 22.0 Å². The lowest BCUT2D eigenvalue weighted by Crippen LogP contribution is -2.44. The van der Waals surface area contributed by atoms with Crippen LogP contribution in [0, 0.1) is 11.7 Å². The van der Waals surface area contributed by atoms with Crippen molar-refractivity contribution >= 4 is 33.7 Å². The van der Waals surface area contributed by atoms with Gasteiger partial charge in [0.15, 0.2) is 0 Å². The Morgan fingerprint density at radius 2 is 2.14 bits per heavy atom. The molecule has 5 nitrogen and oxygen atoms in total. The molecule has 3 heterocycles. The van der Waals surface area contributed by atoms with E-state index in [4.69, 9.17) is 4.98 Å². The lowest BCUT2D eigenvalue weighted by molar-refractivity contribution is -0.139. The van der Waals surface area contributed by atoms with Gasteiger partial charge in [-0.2, -0.15) is 0 Å². The van der Waals surface area contributed by atoms with E-state index in [0.29, 0.717) is 17.5 Å². The van der Waals surface area contributed by atoms with Crippen LogP contribution in [0.3, 0.4) is 0 Å². The van der Waals surface area contributed by atoms with E-state index in [0.717, 1.165) is 49.3 Å². The maximum Gasteiger partial charge on any atom is 0.225 e. The first kappa shape index (κ1) is 17.7. The SMILES string of the molecule is O=C(C1CCC1)N1CCC[C@H](c2nc(Nc3cccc(F)c3)n3ccsc23)C1. The van der Waals surface area contributed by atoms with E-state index in [1.165, 1.54) is 18.6 Å². The number of nitrogens with zero attached hydrogens (tertiary/aromatic N) is 3. The van der Waals surface area contributed by atoms with Crippen molar-refractivity contribution < 1.29 is 9.18 Å². The summed E-state index contributed by atoms with van der Waals surface area (Å²) in [6, 6.07) is 6.41. The highest BCUT2D eigenvalue weighted by Gasteiger charge is 2.34. The molecule has 1 aromatic carbocycles. The van der Waals surface area contributed by atoms with Crippen LogP contribution in [-0.4, -0.2) is 33.3 Å². The monoisotopic (exact) mass is 398 g/mol. The number of hydrogen-bond donors (Lipinski definition) is 1. The molecule has 1 N–H and O–H groups in total. The number of hydrogen-bond acceptors (Lipinski definition) is 4. The number of imidazole rings is 1. The molecular formula is C21H23FN4OS. The third kappa shape index (κ3) is 3.17. The minimum atomic E-state index is -0.277. The second-order valence-corrected chi connectivity index (χ2v) is 8.68. The van der Waals surface area contributed by atoms with Gasteiger partial charge in [0.25, 0.3) is 0 Å². The Hall–Kier alpha value is -2.41.